The van der Waals surface area contributed by atoms with Crippen LogP contribution in [0.3, 0.4) is 0 Å². The molecule has 1 N–H and O–H groups in total. The second-order valence-corrected chi connectivity index (χ2v) is 17.1. The Bertz CT molecular complexity index is 735. The molecule has 0 saturated heterocycles. The minimum atomic E-state index is -3.39. The smallest absolute Gasteiger partial charge is 0.229 e. The lowest BCUT2D eigenvalue weighted by molar-refractivity contribution is 0.0807. The Morgan fingerprint density at radius 1 is 0.793 bits per heavy atom. The highest BCUT2D eigenvalue weighted by Crippen LogP contribution is 2.42. The van der Waals surface area contributed by atoms with Gasteiger partial charge in [-0.05, 0) is 60.3 Å². The van der Waals surface area contributed by atoms with E-state index in [1.165, 1.54) is 6.26 Å². The number of benzene rings is 1. The first-order valence-corrected chi connectivity index (χ1v) is 17.8. The SMILES string of the molecule is C[SiH](C)OC(c1cc(NS(C)(=O)=O)cc(C(O[SiH](C)C)C(C)(C)C)c1)C(C)(C)C. The summed E-state index contributed by atoms with van der Waals surface area (Å²) in [5.74, 6) is 0. The van der Waals surface area contributed by atoms with Gasteiger partial charge in [0.05, 0.1) is 18.5 Å². The van der Waals surface area contributed by atoms with Crippen molar-refractivity contribution in [1.82, 2.24) is 0 Å². The van der Waals surface area contributed by atoms with E-state index in [-0.39, 0.29) is 23.0 Å². The molecule has 0 aromatic heterocycles. The normalized spacial score (nSPS) is 15.6. The monoisotopic (exact) mass is 459 g/mol. The number of rotatable bonds is 8. The highest BCUT2D eigenvalue weighted by atomic mass is 32.2. The average Bonchev–Trinajstić information content (AvgIpc) is 2.45. The lowest BCUT2D eigenvalue weighted by Gasteiger charge is -2.36. The quantitative estimate of drug-likeness (QED) is 0.540. The van der Waals surface area contributed by atoms with Crippen molar-refractivity contribution < 1.29 is 17.3 Å². The van der Waals surface area contributed by atoms with Crippen LogP contribution in [0.15, 0.2) is 18.2 Å². The number of hydrogen-bond acceptors (Lipinski definition) is 4. The van der Waals surface area contributed by atoms with E-state index in [1.54, 1.807) is 0 Å². The molecule has 1 aromatic rings. The minimum absolute atomic E-state index is 0.119. The van der Waals surface area contributed by atoms with Crippen LogP contribution in [0.5, 0.6) is 0 Å². The van der Waals surface area contributed by atoms with E-state index in [4.69, 9.17) is 8.85 Å². The Balaban J connectivity index is 3.68. The molecule has 5 nitrogen and oxygen atoms in total. The molecule has 0 aliphatic carbocycles. The van der Waals surface area contributed by atoms with E-state index in [1.807, 2.05) is 12.1 Å². The summed E-state index contributed by atoms with van der Waals surface area (Å²) < 4.78 is 39.4. The van der Waals surface area contributed by atoms with Gasteiger partial charge in [0.2, 0.25) is 10.0 Å². The van der Waals surface area contributed by atoms with Gasteiger partial charge in [0, 0.05) is 5.69 Å². The van der Waals surface area contributed by atoms with Gasteiger partial charge in [-0.15, -0.1) is 0 Å². The topological polar surface area (TPSA) is 64.6 Å². The molecule has 2 atom stereocenters. The summed E-state index contributed by atoms with van der Waals surface area (Å²) in [6.07, 6.45) is 0.939. The van der Waals surface area contributed by atoms with Crippen molar-refractivity contribution in [3.05, 3.63) is 29.3 Å². The van der Waals surface area contributed by atoms with Crippen molar-refractivity contribution in [2.24, 2.45) is 10.8 Å². The molecule has 0 radical (unpaired) electrons. The van der Waals surface area contributed by atoms with Crippen LogP contribution in [0.4, 0.5) is 5.69 Å². The molecule has 0 aliphatic heterocycles. The fraction of sp³-hybridized carbons (Fsp3) is 0.714. The van der Waals surface area contributed by atoms with Crippen LogP contribution in [-0.2, 0) is 18.9 Å². The summed E-state index contributed by atoms with van der Waals surface area (Å²) in [4.78, 5) is 0. The van der Waals surface area contributed by atoms with Crippen LogP contribution in [0.1, 0.15) is 64.9 Å². The van der Waals surface area contributed by atoms with Crippen molar-refractivity contribution >= 4 is 33.8 Å². The summed E-state index contributed by atoms with van der Waals surface area (Å²) in [5, 5.41) is 0. The van der Waals surface area contributed by atoms with E-state index >= 15 is 0 Å². The maximum absolute atomic E-state index is 12.0. The summed E-state index contributed by atoms with van der Waals surface area (Å²) in [5.41, 5.74) is 2.30. The maximum atomic E-state index is 12.0. The molecule has 168 valence electrons. The molecule has 0 heterocycles. The van der Waals surface area contributed by atoms with E-state index in [2.05, 4.69) is 78.5 Å². The summed E-state index contributed by atoms with van der Waals surface area (Å²) in [7, 11) is -6.03. The van der Waals surface area contributed by atoms with Gasteiger partial charge in [0.15, 0.2) is 18.1 Å². The lowest BCUT2D eigenvalue weighted by Crippen LogP contribution is -2.28. The van der Waals surface area contributed by atoms with Crippen LogP contribution in [-0.4, -0.2) is 32.8 Å². The molecule has 2 unspecified atom stereocenters. The van der Waals surface area contributed by atoms with Gasteiger partial charge in [-0.3, -0.25) is 4.72 Å². The van der Waals surface area contributed by atoms with Crippen molar-refractivity contribution in [2.75, 3.05) is 11.0 Å². The molecule has 1 rings (SSSR count). The highest BCUT2D eigenvalue weighted by Gasteiger charge is 2.32. The molecule has 0 aliphatic rings. The molecule has 0 saturated carbocycles. The first kappa shape index (κ1) is 26.4. The highest BCUT2D eigenvalue weighted by molar-refractivity contribution is 7.92. The molecule has 0 spiro atoms. The third kappa shape index (κ3) is 8.92. The summed E-state index contributed by atoms with van der Waals surface area (Å²) in [6.45, 7) is 21.6. The average molecular weight is 460 g/mol. The van der Waals surface area contributed by atoms with E-state index in [9.17, 15) is 8.42 Å². The summed E-state index contributed by atoms with van der Waals surface area (Å²) >= 11 is 0. The largest absolute Gasteiger partial charge is 0.413 e. The van der Waals surface area contributed by atoms with Crippen LogP contribution in [0, 0.1) is 10.8 Å². The number of sulfonamides is 1. The van der Waals surface area contributed by atoms with E-state index in [0.717, 1.165) is 11.1 Å². The number of hydrogen-bond donors (Lipinski definition) is 1. The zero-order chi connectivity index (χ0) is 22.8. The molecular weight excluding hydrogens is 418 g/mol. The van der Waals surface area contributed by atoms with Crippen LogP contribution >= 0.6 is 0 Å². The predicted octanol–water partition coefficient (Wildman–Crippen LogP) is 5.23. The van der Waals surface area contributed by atoms with Gasteiger partial charge < -0.3 is 8.85 Å². The number of anilines is 1. The Hall–Kier alpha value is -0.676. The van der Waals surface area contributed by atoms with Gasteiger partial charge >= 0.3 is 0 Å². The van der Waals surface area contributed by atoms with Crippen molar-refractivity contribution in [3.8, 4) is 0 Å². The Labute approximate surface area is 182 Å². The van der Waals surface area contributed by atoms with Gasteiger partial charge in [-0.25, -0.2) is 8.42 Å². The first-order valence-electron chi connectivity index (χ1n) is 10.3. The molecule has 0 amide bonds. The first-order chi connectivity index (χ1) is 12.9. The van der Waals surface area contributed by atoms with Gasteiger partial charge in [-0.1, -0.05) is 47.6 Å². The van der Waals surface area contributed by atoms with Gasteiger partial charge in [0.25, 0.3) is 0 Å². The number of nitrogens with one attached hydrogen (secondary N) is 1. The van der Waals surface area contributed by atoms with Gasteiger partial charge in [0.1, 0.15) is 0 Å². The lowest BCUT2D eigenvalue weighted by atomic mass is 9.81. The zero-order valence-electron chi connectivity index (χ0n) is 20.1. The third-order valence-corrected chi connectivity index (χ3v) is 6.52. The standard InChI is InChI=1S/C21H41NO4SSi2/c1-20(2,3)18(25-28(8)9)15-12-16(14-17(13-15)22-27(7,23)24)19(21(4,5)6)26-29(10)11/h12-14,18-19,22,28-29H,1-11H3. The third-order valence-electron chi connectivity index (χ3n) is 4.28. The Morgan fingerprint density at radius 2 is 1.14 bits per heavy atom. The fourth-order valence-electron chi connectivity index (χ4n) is 3.36. The summed E-state index contributed by atoms with van der Waals surface area (Å²) in [6, 6.07) is 5.96. The zero-order valence-corrected chi connectivity index (χ0v) is 23.2. The van der Waals surface area contributed by atoms with Crippen LogP contribution in [0.2, 0.25) is 26.2 Å². The fourth-order valence-corrected chi connectivity index (χ4v) is 6.13. The predicted molar refractivity (Wildman–Crippen MR) is 129 cm³/mol. The van der Waals surface area contributed by atoms with Crippen molar-refractivity contribution in [3.63, 3.8) is 0 Å². The molecule has 1 aromatic carbocycles. The van der Waals surface area contributed by atoms with Crippen LogP contribution < -0.4 is 4.72 Å². The van der Waals surface area contributed by atoms with Crippen LogP contribution in [0.25, 0.3) is 0 Å². The second-order valence-electron chi connectivity index (χ2n) is 10.6. The Kier molecular flexibility index (Phi) is 8.76. The van der Waals surface area contributed by atoms with E-state index in [0.29, 0.717) is 5.69 Å². The minimum Gasteiger partial charge on any atom is -0.413 e. The second kappa shape index (κ2) is 9.64. The van der Waals surface area contributed by atoms with Crippen molar-refractivity contribution in [2.45, 2.75) is 79.9 Å². The Morgan fingerprint density at radius 3 is 1.38 bits per heavy atom. The maximum Gasteiger partial charge on any atom is 0.229 e. The van der Waals surface area contributed by atoms with Crippen molar-refractivity contribution in [1.29, 1.82) is 0 Å². The molecular formula is C21H41NO4SSi2. The van der Waals surface area contributed by atoms with Gasteiger partial charge in [-0.2, -0.15) is 0 Å². The molecule has 0 bridgehead atoms. The molecule has 29 heavy (non-hydrogen) atoms. The van der Waals surface area contributed by atoms with E-state index < -0.39 is 28.1 Å². The molecule has 8 heteroatoms. The molecule has 0 fully saturated rings.